The number of aromatic nitrogens is 2. The number of amides is 1. The molecule has 0 aromatic carbocycles. The fraction of sp³-hybridized carbons (Fsp3) is 0.545. The molecule has 1 saturated heterocycles. The number of carbonyl (C=O) groups excluding carboxylic acids is 2. The summed E-state index contributed by atoms with van der Waals surface area (Å²) in [5, 5.41) is 6.56. The highest BCUT2D eigenvalue weighted by molar-refractivity contribution is 5.98. The van der Waals surface area contributed by atoms with Crippen LogP contribution >= 0.6 is 0 Å². The van der Waals surface area contributed by atoms with Crippen LogP contribution in [0, 0.1) is 12.8 Å². The van der Waals surface area contributed by atoms with Crippen molar-refractivity contribution < 1.29 is 14.3 Å². The van der Waals surface area contributed by atoms with Crippen LogP contribution in [0.2, 0.25) is 0 Å². The van der Waals surface area contributed by atoms with Gasteiger partial charge < -0.3 is 15.4 Å². The van der Waals surface area contributed by atoms with Crippen molar-refractivity contribution in [2.45, 2.75) is 13.3 Å². The maximum Gasteiger partial charge on any atom is 0.310 e. The topological polar surface area (TPSA) is 101 Å². The van der Waals surface area contributed by atoms with Crippen molar-refractivity contribution >= 4 is 17.6 Å². The molecule has 1 atom stereocenters. The molecule has 0 saturated carbocycles. The first-order valence-corrected chi connectivity index (χ1v) is 5.72. The summed E-state index contributed by atoms with van der Waals surface area (Å²) in [6, 6.07) is 0. The van der Waals surface area contributed by atoms with Crippen molar-refractivity contribution in [1.82, 2.24) is 15.1 Å². The number of hydrogen-bond donors (Lipinski definition) is 2. The Morgan fingerprint density at radius 1 is 1.56 bits per heavy atom. The van der Waals surface area contributed by atoms with Gasteiger partial charge in [0.2, 0.25) is 0 Å². The van der Waals surface area contributed by atoms with Crippen LogP contribution in [0.15, 0.2) is 0 Å². The van der Waals surface area contributed by atoms with Crippen LogP contribution in [0.4, 0.5) is 5.69 Å². The first-order chi connectivity index (χ1) is 8.54. The number of methoxy groups -OCH3 is 1. The van der Waals surface area contributed by atoms with E-state index in [0.29, 0.717) is 30.9 Å². The molecule has 1 unspecified atom stereocenters. The Kier molecular flexibility index (Phi) is 3.22. The van der Waals surface area contributed by atoms with Crippen LogP contribution in [0.25, 0.3) is 0 Å². The third-order valence-corrected chi connectivity index (χ3v) is 3.21. The lowest BCUT2D eigenvalue weighted by molar-refractivity contribution is -0.144. The summed E-state index contributed by atoms with van der Waals surface area (Å²) in [6.07, 6.45) is 0.613. The number of nitrogen functional groups attached to an aromatic ring is 1. The zero-order chi connectivity index (χ0) is 13.3. The number of nitrogens with zero attached hydrogens (tertiary/aromatic N) is 2. The van der Waals surface area contributed by atoms with Gasteiger partial charge in [0.1, 0.15) is 0 Å². The van der Waals surface area contributed by atoms with Crippen molar-refractivity contribution in [3.05, 3.63) is 11.4 Å². The molecule has 1 aliphatic heterocycles. The first-order valence-electron chi connectivity index (χ1n) is 5.72. The SMILES string of the molecule is COC(=O)C1CCN(C(=O)c2n[nH]c(C)c2N)C1. The Morgan fingerprint density at radius 2 is 2.28 bits per heavy atom. The molecule has 1 fully saturated rings. The average Bonchev–Trinajstić information content (AvgIpc) is 2.97. The monoisotopic (exact) mass is 252 g/mol. The smallest absolute Gasteiger partial charge is 0.310 e. The van der Waals surface area contributed by atoms with E-state index in [0.717, 1.165) is 0 Å². The van der Waals surface area contributed by atoms with E-state index in [9.17, 15) is 9.59 Å². The summed E-state index contributed by atoms with van der Waals surface area (Å²) < 4.78 is 4.67. The van der Waals surface area contributed by atoms with E-state index in [4.69, 9.17) is 5.73 Å². The van der Waals surface area contributed by atoms with Crippen molar-refractivity contribution in [3.8, 4) is 0 Å². The minimum Gasteiger partial charge on any atom is -0.469 e. The number of nitrogens with two attached hydrogens (primary N) is 1. The zero-order valence-electron chi connectivity index (χ0n) is 10.4. The second-order valence-electron chi connectivity index (χ2n) is 4.37. The molecule has 1 aliphatic rings. The lowest BCUT2D eigenvalue weighted by atomic mass is 10.1. The number of aromatic amines is 1. The van der Waals surface area contributed by atoms with Gasteiger partial charge in [-0.05, 0) is 13.3 Å². The molecule has 3 N–H and O–H groups in total. The molecule has 1 amide bonds. The lowest BCUT2D eigenvalue weighted by Crippen LogP contribution is -2.31. The van der Waals surface area contributed by atoms with Gasteiger partial charge in [0.25, 0.3) is 5.91 Å². The predicted octanol–water partition coefficient (Wildman–Crippen LogP) is -0.0646. The number of esters is 1. The molecule has 0 aliphatic carbocycles. The average molecular weight is 252 g/mol. The van der Waals surface area contributed by atoms with E-state index in [-0.39, 0.29) is 23.5 Å². The number of carbonyl (C=O) groups is 2. The molecule has 7 nitrogen and oxygen atoms in total. The normalized spacial score (nSPS) is 19.0. The number of hydrogen-bond acceptors (Lipinski definition) is 5. The summed E-state index contributed by atoms with van der Waals surface area (Å²) in [5.41, 5.74) is 7.01. The molecule has 1 aromatic heterocycles. The Morgan fingerprint density at radius 3 is 2.83 bits per heavy atom. The van der Waals surface area contributed by atoms with Gasteiger partial charge in [-0.25, -0.2) is 0 Å². The van der Waals surface area contributed by atoms with Crippen LogP contribution in [0.3, 0.4) is 0 Å². The molecule has 0 bridgehead atoms. The van der Waals surface area contributed by atoms with Crippen molar-refractivity contribution in [1.29, 1.82) is 0 Å². The first kappa shape index (κ1) is 12.4. The van der Waals surface area contributed by atoms with E-state index in [2.05, 4.69) is 14.9 Å². The van der Waals surface area contributed by atoms with Gasteiger partial charge in [0.05, 0.1) is 24.4 Å². The van der Waals surface area contributed by atoms with Crippen LogP contribution < -0.4 is 5.73 Å². The fourth-order valence-corrected chi connectivity index (χ4v) is 2.05. The minimum atomic E-state index is -0.281. The highest BCUT2D eigenvalue weighted by Crippen LogP contribution is 2.22. The third-order valence-electron chi connectivity index (χ3n) is 3.21. The Labute approximate surface area is 104 Å². The molecule has 18 heavy (non-hydrogen) atoms. The van der Waals surface area contributed by atoms with Crippen molar-refractivity contribution in [2.75, 3.05) is 25.9 Å². The number of aryl methyl sites for hydroxylation is 1. The van der Waals surface area contributed by atoms with E-state index in [1.165, 1.54) is 7.11 Å². The second kappa shape index (κ2) is 4.67. The summed E-state index contributed by atoms with van der Waals surface area (Å²) in [7, 11) is 1.35. The largest absolute Gasteiger partial charge is 0.469 e. The Hall–Kier alpha value is -2.05. The van der Waals surface area contributed by atoms with E-state index in [1.54, 1.807) is 11.8 Å². The molecule has 2 rings (SSSR count). The predicted molar refractivity (Wildman–Crippen MR) is 63.8 cm³/mol. The standard InChI is InChI=1S/C11H16N4O3/c1-6-8(12)9(14-13-6)10(16)15-4-3-7(5-15)11(17)18-2/h7H,3-5,12H2,1-2H3,(H,13,14). The quantitative estimate of drug-likeness (QED) is 0.718. The molecule has 0 radical (unpaired) electrons. The van der Waals surface area contributed by atoms with Gasteiger partial charge in [0.15, 0.2) is 5.69 Å². The van der Waals surface area contributed by atoms with E-state index < -0.39 is 0 Å². The number of H-pyrrole nitrogens is 1. The zero-order valence-corrected chi connectivity index (χ0v) is 10.4. The van der Waals surface area contributed by atoms with Crippen LogP contribution in [0.5, 0.6) is 0 Å². The van der Waals surface area contributed by atoms with Gasteiger partial charge in [-0.1, -0.05) is 0 Å². The van der Waals surface area contributed by atoms with Crippen molar-refractivity contribution in [2.24, 2.45) is 5.92 Å². The van der Waals surface area contributed by atoms with Crippen LogP contribution in [-0.2, 0) is 9.53 Å². The Balaban J connectivity index is 2.08. The van der Waals surface area contributed by atoms with Gasteiger partial charge in [-0.2, -0.15) is 5.10 Å². The molecule has 1 aromatic rings. The van der Waals surface area contributed by atoms with Gasteiger partial charge >= 0.3 is 5.97 Å². The minimum absolute atomic E-state index is 0.220. The lowest BCUT2D eigenvalue weighted by Gasteiger charge is -2.14. The van der Waals surface area contributed by atoms with Crippen LogP contribution in [0.1, 0.15) is 22.6 Å². The third kappa shape index (κ3) is 2.03. The second-order valence-corrected chi connectivity index (χ2v) is 4.37. The molecular weight excluding hydrogens is 236 g/mol. The summed E-state index contributed by atoms with van der Waals surface area (Å²) >= 11 is 0. The molecule has 98 valence electrons. The van der Waals surface area contributed by atoms with Crippen LogP contribution in [-0.4, -0.2) is 47.2 Å². The number of nitrogens with one attached hydrogen (secondary N) is 1. The number of likely N-dealkylation sites (tertiary alicyclic amines) is 1. The number of ether oxygens (including phenoxy) is 1. The van der Waals surface area contributed by atoms with Gasteiger partial charge in [-0.3, -0.25) is 14.7 Å². The van der Waals surface area contributed by atoms with E-state index in [1.807, 2.05) is 0 Å². The Bertz CT molecular complexity index is 483. The summed E-state index contributed by atoms with van der Waals surface area (Å²) in [6.45, 7) is 2.63. The summed E-state index contributed by atoms with van der Waals surface area (Å²) in [5.74, 6) is -0.778. The van der Waals surface area contributed by atoms with Crippen molar-refractivity contribution in [3.63, 3.8) is 0 Å². The summed E-state index contributed by atoms with van der Waals surface area (Å²) in [4.78, 5) is 25.1. The maximum absolute atomic E-state index is 12.1. The molecular formula is C11H16N4O3. The highest BCUT2D eigenvalue weighted by Gasteiger charge is 2.33. The maximum atomic E-state index is 12.1. The molecule has 7 heteroatoms. The highest BCUT2D eigenvalue weighted by atomic mass is 16.5. The number of rotatable bonds is 2. The molecule has 2 heterocycles. The van der Waals surface area contributed by atoms with Gasteiger partial charge in [0, 0.05) is 13.1 Å². The van der Waals surface area contributed by atoms with E-state index >= 15 is 0 Å². The fourth-order valence-electron chi connectivity index (χ4n) is 2.05. The number of anilines is 1. The molecule has 0 spiro atoms. The van der Waals surface area contributed by atoms with Gasteiger partial charge in [-0.15, -0.1) is 0 Å².